The molecule has 3 rings (SSSR count). The number of anilines is 1. The summed E-state index contributed by atoms with van der Waals surface area (Å²) in [5.74, 6) is -0.564. The van der Waals surface area contributed by atoms with Crippen LogP contribution in [0.2, 0.25) is 10.0 Å². The Bertz CT molecular complexity index is 1200. The van der Waals surface area contributed by atoms with Crippen LogP contribution in [0.5, 0.6) is 0 Å². The van der Waals surface area contributed by atoms with E-state index in [-0.39, 0.29) is 16.1 Å². The van der Waals surface area contributed by atoms with E-state index in [0.29, 0.717) is 26.4 Å². The number of carboxylic acids is 1. The summed E-state index contributed by atoms with van der Waals surface area (Å²) < 4.78 is 27.6. The van der Waals surface area contributed by atoms with Gasteiger partial charge in [0.15, 0.2) is 0 Å². The van der Waals surface area contributed by atoms with Gasteiger partial charge in [-0.25, -0.2) is 18.2 Å². The molecule has 30 heavy (non-hydrogen) atoms. The van der Waals surface area contributed by atoms with E-state index in [2.05, 4.69) is 9.71 Å². The molecule has 3 aromatic rings. The molecule has 1 heterocycles. The van der Waals surface area contributed by atoms with E-state index in [1.165, 1.54) is 30.1 Å². The Morgan fingerprint density at radius 1 is 1.10 bits per heavy atom. The normalized spacial score (nSPS) is 11.3. The van der Waals surface area contributed by atoms with Gasteiger partial charge in [0.2, 0.25) is 0 Å². The minimum Gasteiger partial charge on any atom is -0.478 e. The van der Waals surface area contributed by atoms with Crippen LogP contribution in [-0.2, 0) is 15.8 Å². The number of nitrogens with one attached hydrogen (secondary N) is 1. The van der Waals surface area contributed by atoms with Gasteiger partial charge >= 0.3 is 5.97 Å². The van der Waals surface area contributed by atoms with E-state index in [4.69, 9.17) is 23.2 Å². The first kappa shape index (κ1) is 22.4. The first-order valence-corrected chi connectivity index (χ1v) is 11.8. The van der Waals surface area contributed by atoms with Crippen LogP contribution in [0, 0.1) is 6.92 Å². The molecule has 0 aliphatic heterocycles. The molecule has 0 fully saturated rings. The average Bonchev–Trinajstić information content (AvgIpc) is 2.69. The first-order valence-electron chi connectivity index (χ1n) is 8.55. The van der Waals surface area contributed by atoms with Crippen molar-refractivity contribution in [2.75, 3.05) is 4.72 Å². The van der Waals surface area contributed by atoms with Gasteiger partial charge in [0.25, 0.3) is 10.0 Å². The maximum atomic E-state index is 12.6. The average molecular weight is 483 g/mol. The van der Waals surface area contributed by atoms with Gasteiger partial charge in [0.1, 0.15) is 0 Å². The molecular weight excluding hydrogens is 467 g/mol. The van der Waals surface area contributed by atoms with Gasteiger partial charge in [-0.3, -0.25) is 4.72 Å². The zero-order valence-corrected chi connectivity index (χ0v) is 18.7. The number of aryl methyl sites for hydroxylation is 1. The Hall–Kier alpha value is -2.26. The molecule has 2 aromatic carbocycles. The number of rotatable bonds is 7. The Morgan fingerprint density at radius 3 is 2.50 bits per heavy atom. The fourth-order valence-corrected chi connectivity index (χ4v) is 4.70. The smallest absolute Gasteiger partial charge is 0.335 e. The van der Waals surface area contributed by atoms with E-state index >= 15 is 0 Å². The standard InChI is InChI=1S/C20H16Cl2N2O4S2/c1-12-2-5-15(9-16(12)20(25)26)30(27,28)24-14-4-7-19(23-10-14)29-11-13-3-6-17(21)18(22)8-13/h2-10,24H,11H2,1H3,(H,25,26). The van der Waals surface area contributed by atoms with Crippen molar-refractivity contribution >= 4 is 56.6 Å². The number of carbonyl (C=O) groups is 1. The highest BCUT2D eigenvalue weighted by atomic mass is 35.5. The number of thioether (sulfide) groups is 1. The lowest BCUT2D eigenvalue weighted by atomic mass is 10.1. The third-order valence-corrected chi connectivity index (χ3v) is 7.24. The minimum atomic E-state index is -3.95. The van der Waals surface area contributed by atoms with Crippen molar-refractivity contribution < 1.29 is 18.3 Å². The second kappa shape index (κ2) is 9.26. The fraction of sp³-hybridized carbons (Fsp3) is 0.100. The third-order valence-electron chi connectivity index (χ3n) is 4.11. The third kappa shape index (κ3) is 5.46. The van der Waals surface area contributed by atoms with E-state index in [1.807, 2.05) is 6.07 Å². The number of hydrogen-bond donors (Lipinski definition) is 2. The molecule has 1 aromatic heterocycles. The highest BCUT2D eigenvalue weighted by Crippen LogP contribution is 2.27. The summed E-state index contributed by atoms with van der Waals surface area (Å²) >= 11 is 13.4. The quantitative estimate of drug-likeness (QED) is 0.432. The zero-order valence-electron chi connectivity index (χ0n) is 15.6. The Balaban J connectivity index is 1.69. The molecule has 0 spiro atoms. The molecule has 10 heteroatoms. The molecule has 0 radical (unpaired) electrons. The maximum Gasteiger partial charge on any atom is 0.335 e. The van der Waals surface area contributed by atoms with Crippen LogP contribution in [0.4, 0.5) is 5.69 Å². The van der Waals surface area contributed by atoms with Crippen LogP contribution in [0.25, 0.3) is 0 Å². The molecule has 2 N–H and O–H groups in total. The number of pyridine rings is 1. The Labute approximate surface area is 188 Å². The molecule has 0 saturated carbocycles. The predicted molar refractivity (Wildman–Crippen MR) is 119 cm³/mol. The second-order valence-corrected chi connectivity index (χ2v) is 9.80. The van der Waals surface area contributed by atoms with Crippen molar-refractivity contribution in [1.82, 2.24) is 4.98 Å². The predicted octanol–water partition coefficient (Wildman–Crippen LogP) is 5.49. The number of carboxylic acid groups (broad SMARTS) is 1. The SMILES string of the molecule is Cc1ccc(S(=O)(=O)Nc2ccc(SCc3ccc(Cl)c(Cl)c3)nc2)cc1C(=O)O. The summed E-state index contributed by atoms with van der Waals surface area (Å²) in [5.41, 5.74) is 1.66. The van der Waals surface area contributed by atoms with Gasteiger partial charge in [-0.1, -0.05) is 35.3 Å². The van der Waals surface area contributed by atoms with E-state index < -0.39 is 16.0 Å². The molecule has 0 unspecified atom stereocenters. The number of nitrogens with zero attached hydrogens (tertiary/aromatic N) is 1. The van der Waals surface area contributed by atoms with E-state index in [1.54, 1.807) is 31.2 Å². The summed E-state index contributed by atoms with van der Waals surface area (Å²) in [5, 5.41) is 10.9. The van der Waals surface area contributed by atoms with Crippen LogP contribution in [0.1, 0.15) is 21.5 Å². The van der Waals surface area contributed by atoms with Crippen molar-refractivity contribution in [2.45, 2.75) is 22.6 Å². The van der Waals surface area contributed by atoms with Crippen LogP contribution in [-0.4, -0.2) is 24.5 Å². The van der Waals surface area contributed by atoms with Gasteiger partial charge in [0.05, 0.1) is 37.4 Å². The summed E-state index contributed by atoms with van der Waals surface area (Å²) in [4.78, 5) is 15.4. The van der Waals surface area contributed by atoms with Crippen LogP contribution < -0.4 is 4.72 Å². The maximum absolute atomic E-state index is 12.6. The summed E-state index contributed by atoms with van der Waals surface area (Å²) in [6, 6.07) is 12.6. The summed E-state index contributed by atoms with van der Waals surface area (Å²) in [6.45, 7) is 1.60. The van der Waals surface area contributed by atoms with Crippen LogP contribution in [0.15, 0.2) is 64.6 Å². The van der Waals surface area contributed by atoms with Crippen molar-refractivity contribution in [2.24, 2.45) is 0 Å². The summed E-state index contributed by atoms with van der Waals surface area (Å²) in [6.07, 6.45) is 1.40. The van der Waals surface area contributed by atoms with E-state index in [0.717, 1.165) is 11.6 Å². The van der Waals surface area contributed by atoms with E-state index in [9.17, 15) is 18.3 Å². The topological polar surface area (TPSA) is 96.4 Å². The monoisotopic (exact) mass is 482 g/mol. The molecule has 0 bridgehead atoms. The number of sulfonamides is 1. The van der Waals surface area contributed by atoms with Crippen molar-refractivity contribution in [3.8, 4) is 0 Å². The van der Waals surface area contributed by atoms with Crippen LogP contribution in [0.3, 0.4) is 0 Å². The van der Waals surface area contributed by atoms with Crippen molar-refractivity contribution in [3.05, 3.63) is 81.5 Å². The number of aromatic nitrogens is 1. The molecule has 156 valence electrons. The molecule has 0 amide bonds. The largest absolute Gasteiger partial charge is 0.478 e. The lowest BCUT2D eigenvalue weighted by Gasteiger charge is -2.10. The Kier molecular flexibility index (Phi) is 6.92. The zero-order chi connectivity index (χ0) is 21.9. The lowest BCUT2D eigenvalue weighted by molar-refractivity contribution is 0.0696. The van der Waals surface area contributed by atoms with Gasteiger partial charge in [-0.05, 0) is 54.4 Å². The Morgan fingerprint density at radius 2 is 1.87 bits per heavy atom. The highest BCUT2D eigenvalue weighted by molar-refractivity contribution is 7.98. The number of hydrogen-bond acceptors (Lipinski definition) is 5. The number of aromatic carboxylic acids is 1. The first-order chi connectivity index (χ1) is 14.2. The van der Waals surface area contributed by atoms with Crippen LogP contribution >= 0.6 is 35.0 Å². The van der Waals surface area contributed by atoms with Gasteiger partial charge in [-0.15, -0.1) is 11.8 Å². The summed E-state index contributed by atoms with van der Waals surface area (Å²) in [7, 11) is -3.95. The van der Waals surface area contributed by atoms with Crippen molar-refractivity contribution in [3.63, 3.8) is 0 Å². The fourth-order valence-electron chi connectivity index (χ4n) is 2.53. The molecule has 0 aliphatic carbocycles. The number of halogens is 2. The van der Waals surface area contributed by atoms with Gasteiger partial charge in [-0.2, -0.15) is 0 Å². The lowest BCUT2D eigenvalue weighted by Crippen LogP contribution is -2.14. The molecular formula is C20H16Cl2N2O4S2. The second-order valence-electron chi connectivity index (χ2n) is 6.31. The molecule has 0 atom stereocenters. The van der Waals surface area contributed by atoms with Crippen molar-refractivity contribution in [1.29, 1.82) is 0 Å². The molecule has 0 saturated heterocycles. The van der Waals surface area contributed by atoms with Gasteiger partial charge < -0.3 is 5.11 Å². The van der Waals surface area contributed by atoms with Gasteiger partial charge in [0, 0.05) is 5.75 Å². The minimum absolute atomic E-state index is 0.0648. The number of benzene rings is 2. The molecule has 6 nitrogen and oxygen atoms in total. The molecule has 0 aliphatic rings. The highest BCUT2D eigenvalue weighted by Gasteiger charge is 2.18.